The molecule has 1 fully saturated rings. The van der Waals surface area contributed by atoms with Crippen LogP contribution in [0.4, 0.5) is 5.69 Å². The molecule has 1 aliphatic heterocycles. The minimum atomic E-state index is -0.457. The van der Waals surface area contributed by atoms with Crippen LogP contribution >= 0.6 is 0 Å². The molecule has 120 valence electrons. The summed E-state index contributed by atoms with van der Waals surface area (Å²) >= 11 is 0. The minimum absolute atomic E-state index is 0.0124. The van der Waals surface area contributed by atoms with Gasteiger partial charge >= 0.3 is 0 Å². The highest BCUT2D eigenvalue weighted by atomic mass is 16.6. The second-order valence-corrected chi connectivity index (χ2v) is 5.47. The van der Waals surface area contributed by atoms with Crippen LogP contribution in [0.25, 0.3) is 5.69 Å². The first kappa shape index (κ1) is 15.2. The van der Waals surface area contributed by atoms with Crippen molar-refractivity contribution in [3.63, 3.8) is 0 Å². The van der Waals surface area contributed by atoms with Gasteiger partial charge in [0.2, 0.25) is 0 Å². The molecule has 8 nitrogen and oxygen atoms in total. The molecular weight excluding hydrogens is 298 g/mol. The number of hydrogen-bond donors (Lipinski definition) is 1. The maximum Gasteiger partial charge on any atom is 0.274 e. The zero-order chi connectivity index (χ0) is 16.4. The number of amides is 1. The zero-order valence-corrected chi connectivity index (χ0v) is 12.7. The van der Waals surface area contributed by atoms with Gasteiger partial charge in [0.1, 0.15) is 0 Å². The number of hydrogen-bond acceptors (Lipinski definition) is 5. The largest absolute Gasteiger partial charge is 0.332 e. The number of non-ortho nitro benzene ring substituents is 1. The summed E-state index contributed by atoms with van der Waals surface area (Å²) in [6.45, 7) is 4.16. The standard InChI is InChI=1S/C15H17N5O3/c1-11-10-16-6-8-18(11)15(21)14-5-7-19(17-14)12-3-2-4-13(9-12)20(22)23/h2-5,7,9,11,16H,6,8,10H2,1H3. The van der Waals surface area contributed by atoms with E-state index in [0.717, 1.165) is 13.1 Å². The predicted molar refractivity (Wildman–Crippen MR) is 83.6 cm³/mol. The van der Waals surface area contributed by atoms with Crippen molar-refractivity contribution in [3.8, 4) is 5.69 Å². The fourth-order valence-electron chi connectivity index (χ4n) is 2.62. The topological polar surface area (TPSA) is 93.3 Å². The lowest BCUT2D eigenvalue weighted by Crippen LogP contribution is -2.52. The van der Waals surface area contributed by atoms with Gasteiger partial charge < -0.3 is 10.2 Å². The van der Waals surface area contributed by atoms with Crippen LogP contribution in [0.2, 0.25) is 0 Å². The van der Waals surface area contributed by atoms with Gasteiger partial charge in [-0.05, 0) is 19.1 Å². The molecule has 2 heterocycles. The molecule has 0 aliphatic carbocycles. The first-order valence-corrected chi connectivity index (χ1v) is 7.38. The van der Waals surface area contributed by atoms with E-state index < -0.39 is 4.92 Å². The van der Waals surface area contributed by atoms with Crippen molar-refractivity contribution < 1.29 is 9.72 Å². The Balaban J connectivity index is 1.84. The molecular formula is C15H17N5O3. The van der Waals surface area contributed by atoms with Gasteiger partial charge in [0.15, 0.2) is 5.69 Å². The number of rotatable bonds is 3. The van der Waals surface area contributed by atoms with Crippen molar-refractivity contribution in [1.82, 2.24) is 20.0 Å². The molecule has 1 unspecified atom stereocenters. The van der Waals surface area contributed by atoms with Crippen LogP contribution in [0.3, 0.4) is 0 Å². The SMILES string of the molecule is CC1CNCCN1C(=O)c1ccn(-c2cccc([N+](=O)[O-])c2)n1. The van der Waals surface area contributed by atoms with E-state index in [1.807, 2.05) is 6.92 Å². The van der Waals surface area contributed by atoms with Crippen LogP contribution in [-0.2, 0) is 0 Å². The van der Waals surface area contributed by atoms with Gasteiger partial charge in [-0.25, -0.2) is 4.68 Å². The number of carbonyl (C=O) groups excluding carboxylic acids is 1. The van der Waals surface area contributed by atoms with Gasteiger partial charge in [-0.3, -0.25) is 14.9 Å². The van der Waals surface area contributed by atoms with Gasteiger partial charge in [0, 0.05) is 44.0 Å². The molecule has 1 saturated heterocycles. The lowest BCUT2D eigenvalue weighted by atomic mass is 10.2. The molecule has 1 N–H and O–H groups in total. The second kappa shape index (κ2) is 6.17. The van der Waals surface area contributed by atoms with Crippen molar-refractivity contribution in [1.29, 1.82) is 0 Å². The van der Waals surface area contributed by atoms with Gasteiger partial charge in [-0.15, -0.1) is 0 Å². The van der Waals surface area contributed by atoms with E-state index in [4.69, 9.17) is 0 Å². The average Bonchev–Trinajstić information content (AvgIpc) is 3.05. The molecule has 2 aromatic rings. The third kappa shape index (κ3) is 3.07. The normalized spacial score (nSPS) is 18.0. The molecule has 0 saturated carbocycles. The summed E-state index contributed by atoms with van der Waals surface area (Å²) in [5.41, 5.74) is 0.874. The first-order chi connectivity index (χ1) is 11.1. The Morgan fingerprint density at radius 1 is 1.43 bits per heavy atom. The fraction of sp³-hybridized carbons (Fsp3) is 0.333. The maximum atomic E-state index is 12.5. The van der Waals surface area contributed by atoms with Gasteiger partial charge in [0.25, 0.3) is 11.6 Å². The number of piperazine rings is 1. The minimum Gasteiger partial charge on any atom is -0.332 e. The summed E-state index contributed by atoms with van der Waals surface area (Å²) in [4.78, 5) is 24.7. The molecule has 1 aromatic carbocycles. The van der Waals surface area contributed by atoms with Crippen molar-refractivity contribution in [2.45, 2.75) is 13.0 Å². The van der Waals surface area contributed by atoms with Crippen LogP contribution in [0, 0.1) is 10.1 Å². The van der Waals surface area contributed by atoms with E-state index in [1.165, 1.54) is 16.8 Å². The van der Waals surface area contributed by atoms with Gasteiger partial charge in [-0.1, -0.05) is 6.07 Å². The zero-order valence-electron chi connectivity index (χ0n) is 12.7. The Bertz CT molecular complexity index is 742. The fourth-order valence-corrected chi connectivity index (χ4v) is 2.62. The van der Waals surface area contributed by atoms with E-state index in [1.54, 1.807) is 29.3 Å². The smallest absolute Gasteiger partial charge is 0.274 e. The van der Waals surface area contributed by atoms with Crippen molar-refractivity contribution in [3.05, 3.63) is 52.3 Å². The highest BCUT2D eigenvalue weighted by Gasteiger charge is 2.25. The number of aromatic nitrogens is 2. The van der Waals surface area contributed by atoms with E-state index in [0.29, 0.717) is 17.9 Å². The number of nitro groups is 1. The van der Waals surface area contributed by atoms with E-state index in [2.05, 4.69) is 10.4 Å². The van der Waals surface area contributed by atoms with Crippen molar-refractivity contribution in [2.75, 3.05) is 19.6 Å². The predicted octanol–water partition coefficient (Wildman–Crippen LogP) is 1.21. The summed E-state index contributed by atoms with van der Waals surface area (Å²) in [6, 6.07) is 7.89. The Hall–Kier alpha value is -2.74. The third-order valence-electron chi connectivity index (χ3n) is 3.88. The Morgan fingerprint density at radius 3 is 3.00 bits per heavy atom. The first-order valence-electron chi connectivity index (χ1n) is 7.38. The molecule has 1 amide bonds. The number of nitrogens with zero attached hydrogens (tertiary/aromatic N) is 4. The molecule has 1 atom stereocenters. The molecule has 1 aliphatic rings. The van der Waals surface area contributed by atoms with Crippen LogP contribution < -0.4 is 5.32 Å². The van der Waals surface area contributed by atoms with Gasteiger partial charge in [0.05, 0.1) is 10.6 Å². The number of benzene rings is 1. The molecule has 3 rings (SSSR count). The highest BCUT2D eigenvalue weighted by Crippen LogP contribution is 2.17. The number of nitro benzene ring substituents is 1. The molecule has 1 aromatic heterocycles. The van der Waals surface area contributed by atoms with Crippen LogP contribution in [0.15, 0.2) is 36.5 Å². The van der Waals surface area contributed by atoms with Crippen LogP contribution in [-0.4, -0.2) is 51.2 Å². The molecule has 0 bridgehead atoms. The molecule has 8 heteroatoms. The van der Waals surface area contributed by atoms with Crippen LogP contribution in [0.5, 0.6) is 0 Å². The van der Waals surface area contributed by atoms with E-state index >= 15 is 0 Å². The van der Waals surface area contributed by atoms with E-state index in [9.17, 15) is 14.9 Å². The number of carbonyl (C=O) groups is 1. The van der Waals surface area contributed by atoms with Gasteiger partial charge in [-0.2, -0.15) is 5.10 Å². The Labute approximate surface area is 132 Å². The quantitative estimate of drug-likeness (QED) is 0.679. The number of nitrogens with one attached hydrogen (secondary N) is 1. The Morgan fingerprint density at radius 2 is 2.26 bits per heavy atom. The van der Waals surface area contributed by atoms with Crippen LogP contribution in [0.1, 0.15) is 17.4 Å². The summed E-state index contributed by atoms with van der Waals surface area (Å²) in [5, 5.41) is 18.4. The monoisotopic (exact) mass is 315 g/mol. The van der Waals surface area contributed by atoms with E-state index in [-0.39, 0.29) is 17.6 Å². The summed E-state index contributed by atoms with van der Waals surface area (Å²) in [6.07, 6.45) is 1.64. The average molecular weight is 315 g/mol. The second-order valence-electron chi connectivity index (χ2n) is 5.47. The molecule has 23 heavy (non-hydrogen) atoms. The molecule has 0 radical (unpaired) electrons. The highest BCUT2D eigenvalue weighted by molar-refractivity contribution is 5.92. The third-order valence-corrected chi connectivity index (χ3v) is 3.88. The van der Waals surface area contributed by atoms with Crippen molar-refractivity contribution >= 4 is 11.6 Å². The Kier molecular flexibility index (Phi) is 4.07. The lowest BCUT2D eigenvalue weighted by molar-refractivity contribution is -0.384. The summed E-state index contributed by atoms with van der Waals surface area (Å²) < 4.78 is 1.48. The summed E-state index contributed by atoms with van der Waals surface area (Å²) in [7, 11) is 0. The summed E-state index contributed by atoms with van der Waals surface area (Å²) in [5.74, 6) is -0.122. The lowest BCUT2D eigenvalue weighted by Gasteiger charge is -2.33. The van der Waals surface area contributed by atoms with Crippen molar-refractivity contribution in [2.24, 2.45) is 0 Å². The maximum absolute atomic E-state index is 12.5. The molecule has 0 spiro atoms.